The van der Waals surface area contributed by atoms with E-state index in [1.807, 2.05) is 18.2 Å². The Labute approximate surface area is 145 Å². The minimum absolute atomic E-state index is 0.0514. The van der Waals surface area contributed by atoms with Crippen molar-refractivity contribution in [2.75, 3.05) is 5.75 Å². The van der Waals surface area contributed by atoms with Crippen LogP contribution in [0.5, 0.6) is 11.5 Å². The van der Waals surface area contributed by atoms with Crippen molar-refractivity contribution in [3.8, 4) is 11.5 Å². The number of benzene rings is 2. The maximum absolute atomic E-state index is 12.3. The maximum atomic E-state index is 12.3. The van der Waals surface area contributed by atoms with Crippen molar-refractivity contribution in [1.82, 2.24) is 5.32 Å². The van der Waals surface area contributed by atoms with Crippen molar-refractivity contribution in [3.63, 3.8) is 0 Å². The Morgan fingerprint density at radius 1 is 1.04 bits per heavy atom. The molecule has 0 bridgehead atoms. The molecule has 7 nitrogen and oxygen atoms in total. The van der Waals surface area contributed by atoms with Crippen LogP contribution in [0.2, 0.25) is 0 Å². The standard InChI is InChI=1S/C17H17NO6S/c1-12(19)18-16(17(20)21)11-25(22,23)15-9-7-14(8-10-15)24-13-5-3-2-4-6-13/h2-10,16H,11H2,1H3,(H,18,19)(H,20,21)/t16-/m0/s1. The third-order valence-corrected chi connectivity index (χ3v) is 4.99. The first-order valence-electron chi connectivity index (χ1n) is 7.33. The van der Waals surface area contributed by atoms with Crippen LogP contribution >= 0.6 is 0 Å². The fourth-order valence-corrected chi connectivity index (χ4v) is 3.48. The van der Waals surface area contributed by atoms with Gasteiger partial charge >= 0.3 is 5.97 Å². The summed E-state index contributed by atoms with van der Waals surface area (Å²) in [5.41, 5.74) is 0. The quantitative estimate of drug-likeness (QED) is 0.777. The molecule has 0 fully saturated rings. The predicted molar refractivity (Wildman–Crippen MR) is 90.3 cm³/mol. The highest BCUT2D eigenvalue weighted by atomic mass is 32.2. The van der Waals surface area contributed by atoms with Gasteiger partial charge in [0.2, 0.25) is 5.91 Å². The van der Waals surface area contributed by atoms with E-state index in [2.05, 4.69) is 5.32 Å². The normalized spacial score (nSPS) is 12.2. The van der Waals surface area contributed by atoms with E-state index in [9.17, 15) is 18.0 Å². The Hall–Kier alpha value is -2.87. The summed E-state index contributed by atoms with van der Waals surface area (Å²) < 4.78 is 30.3. The van der Waals surface area contributed by atoms with Gasteiger partial charge in [0.1, 0.15) is 17.5 Å². The van der Waals surface area contributed by atoms with Gasteiger partial charge < -0.3 is 15.2 Å². The molecule has 1 atom stereocenters. The van der Waals surface area contributed by atoms with Gasteiger partial charge in [0, 0.05) is 6.92 Å². The molecule has 0 heterocycles. The number of rotatable bonds is 7. The molecule has 0 radical (unpaired) electrons. The summed E-state index contributed by atoms with van der Waals surface area (Å²) in [5.74, 6) is -1.71. The number of hydrogen-bond donors (Lipinski definition) is 2. The molecule has 0 saturated carbocycles. The van der Waals surface area contributed by atoms with Crippen LogP contribution in [0.25, 0.3) is 0 Å². The molecule has 2 N–H and O–H groups in total. The first-order valence-corrected chi connectivity index (χ1v) is 8.99. The zero-order valence-corrected chi connectivity index (χ0v) is 14.2. The number of aliphatic carboxylic acids is 1. The Bertz CT molecular complexity index is 846. The maximum Gasteiger partial charge on any atom is 0.327 e. The van der Waals surface area contributed by atoms with Crippen molar-refractivity contribution in [3.05, 3.63) is 54.6 Å². The van der Waals surface area contributed by atoms with E-state index in [0.717, 1.165) is 6.92 Å². The van der Waals surface area contributed by atoms with Crippen LogP contribution in [0, 0.1) is 0 Å². The average molecular weight is 363 g/mol. The summed E-state index contributed by atoms with van der Waals surface area (Å²) in [5, 5.41) is 11.1. The zero-order chi connectivity index (χ0) is 18.4. The van der Waals surface area contributed by atoms with E-state index >= 15 is 0 Å². The number of carbonyl (C=O) groups excluding carboxylic acids is 1. The number of sulfone groups is 1. The Balaban J connectivity index is 2.14. The lowest BCUT2D eigenvalue weighted by Gasteiger charge is -2.14. The minimum atomic E-state index is -3.89. The van der Waals surface area contributed by atoms with Gasteiger partial charge in [-0.2, -0.15) is 0 Å². The number of ether oxygens (including phenoxy) is 1. The summed E-state index contributed by atoms with van der Waals surface area (Å²) in [6.45, 7) is 1.12. The highest BCUT2D eigenvalue weighted by Gasteiger charge is 2.27. The van der Waals surface area contributed by atoms with Gasteiger partial charge in [-0.25, -0.2) is 13.2 Å². The highest BCUT2D eigenvalue weighted by molar-refractivity contribution is 7.91. The van der Waals surface area contributed by atoms with Crippen molar-refractivity contribution in [2.24, 2.45) is 0 Å². The fraction of sp³-hybridized carbons (Fsp3) is 0.176. The second-order valence-electron chi connectivity index (χ2n) is 5.26. The molecular weight excluding hydrogens is 346 g/mol. The summed E-state index contributed by atoms with van der Waals surface area (Å²) >= 11 is 0. The molecule has 1 amide bonds. The molecule has 0 aliphatic heterocycles. The Morgan fingerprint density at radius 3 is 2.12 bits per heavy atom. The van der Waals surface area contributed by atoms with Crippen molar-refractivity contribution in [1.29, 1.82) is 0 Å². The van der Waals surface area contributed by atoms with Crippen molar-refractivity contribution in [2.45, 2.75) is 17.9 Å². The lowest BCUT2D eigenvalue weighted by atomic mass is 10.3. The molecule has 0 aliphatic carbocycles. The van der Waals surface area contributed by atoms with E-state index in [0.29, 0.717) is 11.5 Å². The molecule has 132 valence electrons. The number of carboxylic acids is 1. The smallest absolute Gasteiger partial charge is 0.327 e. The van der Waals surface area contributed by atoms with Gasteiger partial charge in [-0.1, -0.05) is 18.2 Å². The lowest BCUT2D eigenvalue weighted by molar-refractivity contribution is -0.140. The first kappa shape index (κ1) is 18.5. The average Bonchev–Trinajstić information content (AvgIpc) is 2.55. The summed E-state index contributed by atoms with van der Waals surface area (Å²) in [4.78, 5) is 22.1. The minimum Gasteiger partial charge on any atom is -0.480 e. The van der Waals surface area contributed by atoms with Gasteiger partial charge in [-0.3, -0.25) is 4.79 Å². The predicted octanol–water partition coefficient (Wildman–Crippen LogP) is 1.84. The van der Waals surface area contributed by atoms with E-state index in [1.165, 1.54) is 24.3 Å². The van der Waals surface area contributed by atoms with E-state index in [4.69, 9.17) is 9.84 Å². The molecule has 25 heavy (non-hydrogen) atoms. The van der Waals surface area contributed by atoms with Crippen LogP contribution in [0.3, 0.4) is 0 Å². The van der Waals surface area contributed by atoms with Gasteiger partial charge in [0.15, 0.2) is 9.84 Å². The van der Waals surface area contributed by atoms with Crippen LogP contribution in [-0.4, -0.2) is 37.2 Å². The number of hydrogen-bond acceptors (Lipinski definition) is 5. The largest absolute Gasteiger partial charge is 0.480 e. The molecule has 0 unspecified atom stereocenters. The van der Waals surface area contributed by atoms with Crippen LogP contribution in [0.1, 0.15) is 6.92 Å². The van der Waals surface area contributed by atoms with Crippen molar-refractivity contribution < 1.29 is 27.9 Å². The van der Waals surface area contributed by atoms with Gasteiger partial charge in [-0.15, -0.1) is 0 Å². The molecule has 0 aliphatic rings. The molecule has 0 aromatic heterocycles. The summed E-state index contributed by atoms with van der Waals surface area (Å²) in [6.07, 6.45) is 0. The van der Waals surface area contributed by atoms with Crippen LogP contribution in [-0.2, 0) is 19.4 Å². The second kappa shape index (κ2) is 7.80. The third-order valence-electron chi connectivity index (χ3n) is 3.22. The third kappa shape index (κ3) is 5.32. The number of nitrogens with one attached hydrogen (secondary N) is 1. The van der Waals surface area contributed by atoms with E-state index < -0.39 is 33.5 Å². The van der Waals surface area contributed by atoms with Crippen LogP contribution in [0.15, 0.2) is 59.5 Å². The number of para-hydroxylation sites is 1. The molecule has 2 rings (SSSR count). The van der Waals surface area contributed by atoms with Crippen LogP contribution < -0.4 is 10.1 Å². The number of carbonyl (C=O) groups is 2. The van der Waals surface area contributed by atoms with Gasteiger partial charge in [0.05, 0.1) is 10.6 Å². The zero-order valence-electron chi connectivity index (χ0n) is 13.4. The molecule has 0 spiro atoms. The second-order valence-corrected chi connectivity index (χ2v) is 7.29. The fourth-order valence-electron chi connectivity index (χ4n) is 2.08. The van der Waals surface area contributed by atoms with E-state index in [1.54, 1.807) is 12.1 Å². The Kier molecular flexibility index (Phi) is 5.76. The van der Waals surface area contributed by atoms with Gasteiger partial charge in [-0.05, 0) is 36.4 Å². The molecule has 0 saturated heterocycles. The topological polar surface area (TPSA) is 110 Å². The molecule has 2 aromatic rings. The van der Waals surface area contributed by atoms with Crippen molar-refractivity contribution >= 4 is 21.7 Å². The molecule has 8 heteroatoms. The van der Waals surface area contributed by atoms with E-state index in [-0.39, 0.29) is 4.90 Å². The molecular formula is C17H17NO6S. The number of carboxylic acid groups (broad SMARTS) is 1. The summed E-state index contributed by atoms with van der Waals surface area (Å²) in [6, 6.07) is 13.1. The lowest BCUT2D eigenvalue weighted by Crippen LogP contribution is -2.44. The van der Waals surface area contributed by atoms with Crippen LogP contribution in [0.4, 0.5) is 0 Å². The summed E-state index contributed by atoms with van der Waals surface area (Å²) in [7, 11) is -3.89. The van der Waals surface area contributed by atoms with Gasteiger partial charge in [0.25, 0.3) is 0 Å². The number of amides is 1. The first-order chi connectivity index (χ1) is 11.8. The molecule has 2 aromatic carbocycles. The highest BCUT2D eigenvalue weighted by Crippen LogP contribution is 2.23. The SMILES string of the molecule is CC(=O)N[C@@H](CS(=O)(=O)c1ccc(Oc2ccccc2)cc1)C(=O)O. The monoisotopic (exact) mass is 363 g/mol. The Morgan fingerprint density at radius 2 is 1.60 bits per heavy atom.